The number of hydrogen-bond acceptors (Lipinski definition) is 3. The van der Waals surface area contributed by atoms with E-state index in [-0.39, 0.29) is 33.1 Å². The molecule has 1 aliphatic rings. The first-order chi connectivity index (χ1) is 13.4. The van der Waals surface area contributed by atoms with E-state index in [2.05, 4.69) is 5.32 Å². The molecule has 0 spiro atoms. The van der Waals surface area contributed by atoms with Gasteiger partial charge in [0.2, 0.25) is 5.91 Å². The Morgan fingerprint density at radius 1 is 1.21 bits per heavy atom. The van der Waals surface area contributed by atoms with E-state index in [4.69, 9.17) is 11.6 Å². The first-order valence-electron chi connectivity index (χ1n) is 8.26. The van der Waals surface area contributed by atoms with Crippen LogP contribution in [0.2, 0.25) is 5.02 Å². The van der Waals surface area contributed by atoms with Gasteiger partial charge in [-0.15, -0.1) is 11.3 Å². The molecule has 0 saturated heterocycles. The standard InChI is InChI=1S/C20H12ClF2NO3S/c21-12-5-2-6-13(23)16(12)11-8-14(25)24-17-15(9-3-1-4-10(22)7-9)19(20(26)27)28-18(11)17/h1-7,11H,8H2,(H,24,25)(H,26,27)/t11-/m0/s1. The second-order valence-corrected chi connectivity index (χ2v) is 7.76. The molecule has 0 saturated carbocycles. The van der Waals surface area contributed by atoms with Gasteiger partial charge in [0.1, 0.15) is 16.5 Å². The zero-order valence-electron chi connectivity index (χ0n) is 14.1. The van der Waals surface area contributed by atoms with E-state index in [0.29, 0.717) is 10.4 Å². The van der Waals surface area contributed by atoms with Crippen molar-refractivity contribution < 1.29 is 23.5 Å². The first-order valence-corrected chi connectivity index (χ1v) is 9.46. The van der Waals surface area contributed by atoms with Crippen LogP contribution in [0.5, 0.6) is 0 Å². The number of nitrogens with one attached hydrogen (secondary N) is 1. The number of amides is 1. The van der Waals surface area contributed by atoms with E-state index in [1.807, 2.05) is 0 Å². The molecule has 4 nitrogen and oxygen atoms in total. The van der Waals surface area contributed by atoms with Gasteiger partial charge in [0, 0.05) is 33.4 Å². The van der Waals surface area contributed by atoms with Gasteiger partial charge in [-0.1, -0.05) is 29.8 Å². The fraction of sp³-hybridized carbons (Fsp3) is 0.100. The summed E-state index contributed by atoms with van der Waals surface area (Å²) in [6.45, 7) is 0. The third kappa shape index (κ3) is 3.06. The number of halogens is 3. The Balaban J connectivity index is 1.99. The summed E-state index contributed by atoms with van der Waals surface area (Å²) in [6, 6.07) is 9.67. The van der Waals surface area contributed by atoms with Crippen LogP contribution in [0, 0.1) is 11.6 Å². The Morgan fingerprint density at radius 3 is 2.64 bits per heavy atom. The lowest BCUT2D eigenvalue weighted by atomic mass is 9.88. The minimum atomic E-state index is -1.22. The number of benzene rings is 2. The Kier molecular flexibility index (Phi) is 4.64. The molecule has 142 valence electrons. The Morgan fingerprint density at radius 2 is 1.96 bits per heavy atom. The second kappa shape index (κ2) is 7.00. The molecule has 8 heteroatoms. The first kappa shape index (κ1) is 18.6. The predicted molar refractivity (Wildman–Crippen MR) is 103 cm³/mol. The number of carbonyl (C=O) groups excluding carboxylic acids is 1. The minimum absolute atomic E-state index is 0.0599. The number of aromatic carboxylic acids is 1. The van der Waals surface area contributed by atoms with Crippen LogP contribution in [0.4, 0.5) is 14.5 Å². The number of carboxylic acid groups (broad SMARTS) is 1. The van der Waals surface area contributed by atoms with Crippen LogP contribution >= 0.6 is 22.9 Å². The number of carbonyl (C=O) groups is 2. The van der Waals surface area contributed by atoms with Crippen molar-refractivity contribution >= 4 is 40.5 Å². The summed E-state index contributed by atoms with van der Waals surface area (Å²) in [5, 5.41) is 12.5. The van der Waals surface area contributed by atoms with E-state index in [9.17, 15) is 23.5 Å². The summed E-state index contributed by atoms with van der Waals surface area (Å²) in [6.07, 6.45) is -0.0736. The molecule has 0 radical (unpaired) electrons. The average Bonchev–Trinajstić information content (AvgIpc) is 3.01. The molecule has 28 heavy (non-hydrogen) atoms. The monoisotopic (exact) mass is 419 g/mol. The molecule has 1 aliphatic heterocycles. The minimum Gasteiger partial charge on any atom is -0.477 e. The number of rotatable bonds is 3. The maximum atomic E-state index is 14.5. The molecule has 2 N–H and O–H groups in total. The summed E-state index contributed by atoms with van der Waals surface area (Å²) < 4.78 is 28.3. The summed E-state index contributed by atoms with van der Waals surface area (Å²) in [5.74, 6) is -3.46. The van der Waals surface area contributed by atoms with E-state index < -0.39 is 29.4 Å². The normalized spacial score (nSPS) is 15.8. The van der Waals surface area contributed by atoms with Crippen LogP contribution in [0.15, 0.2) is 42.5 Å². The van der Waals surface area contributed by atoms with Crippen molar-refractivity contribution in [2.45, 2.75) is 12.3 Å². The van der Waals surface area contributed by atoms with Gasteiger partial charge in [-0.05, 0) is 29.8 Å². The van der Waals surface area contributed by atoms with Gasteiger partial charge in [-0.3, -0.25) is 4.79 Å². The molecule has 0 aliphatic carbocycles. The van der Waals surface area contributed by atoms with Crippen molar-refractivity contribution in [3.8, 4) is 11.1 Å². The molecule has 0 unspecified atom stereocenters. The molecular weight excluding hydrogens is 408 g/mol. The van der Waals surface area contributed by atoms with E-state index >= 15 is 0 Å². The summed E-state index contributed by atoms with van der Waals surface area (Å²) in [7, 11) is 0. The van der Waals surface area contributed by atoms with Crippen molar-refractivity contribution in [2.75, 3.05) is 5.32 Å². The number of anilines is 1. The van der Waals surface area contributed by atoms with Crippen LogP contribution < -0.4 is 5.32 Å². The highest BCUT2D eigenvalue weighted by Crippen LogP contribution is 2.50. The van der Waals surface area contributed by atoms with E-state index in [0.717, 1.165) is 11.3 Å². The van der Waals surface area contributed by atoms with Crippen LogP contribution in [0.25, 0.3) is 11.1 Å². The van der Waals surface area contributed by atoms with Gasteiger partial charge in [0.25, 0.3) is 0 Å². The van der Waals surface area contributed by atoms with Gasteiger partial charge < -0.3 is 10.4 Å². The molecule has 4 rings (SSSR count). The number of carboxylic acids is 1. The van der Waals surface area contributed by atoms with Gasteiger partial charge in [0.15, 0.2) is 0 Å². The summed E-state index contributed by atoms with van der Waals surface area (Å²) in [4.78, 5) is 24.6. The number of thiophene rings is 1. The second-order valence-electron chi connectivity index (χ2n) is 6.30. The largest absolute Gasteiger partial charge is 0.477 e. The fourth-order valence-electron chi connectivity index (χ4n) is 3.43. The van der Waals surface area contributed by atoms with Gasteiger partial charge in [0.05, 0.1) is 5.69 Å². The third-order valence-corrected chi connectivity index (χ3v) is 6.18. The quantitative estimate of drug-likeness (QED) is 0.587. The van der Waals surface area contributed by atoms with E-state index in [1.165, 1.54) is 36.4 Å². The van der Waals surface area contributed by atoms with Gasteiger partial charge in [-0.2, -0.15) is 0 Å². The maximum Gasteiger partial charge on any atom is 0.346 e. The number of fused-ring (bicyclic) bond motifs is 1. The van der Waals surface area contributed by atoms with Crippen molar-refractivity contribution in [3.05, 3.63) is 74.4 Å². The topological polar surface area (TPSA) is 66.4 Å². The molecular formula is C20H12ClF2NO3S. The van der Waals surface area contributed by atoms with Crippen LogP contribution in [-0.4, -0.2) is 17.0 Å². The van der Waals surface area contributed by atoms with Crippen molar-refractivity contribution in [2.24, 2.45) is 0 Å². The third-order valence-electron chi connectivity index (χ3n) is 4.56. The van der Waals surface area contributed by atoms with Crippen molar-refractivity contribution in [3.63, 3.8) is 0 Å². The molecule has 1 aromatic heterocycles. The lowest BCUT2D eigenvalue weighted by Crippen LogP contribution is -2.23. The Labute approximate surface area is 167 Å². The van der Waals surface area contributed by atoms with Crippen molar-refractivity contribution in [1.29, 1.82) is 0 Å². The molecule has 0 bridgehead atoms. The lowest BCUT2D eigenvalue weighted by molar-refractivity contribution is -0.116. The fourth-order valence-corrected chi connectivity index (χ4v) is 4.96. The van der Waals surface area contributed by atoms with Crippen LogP contribution in [-0.2, 0) is 4.79 Å². The van der Waals surface area contributed by atoms with Crippen molar-refractivity contribution in [1.82, 2.24) is 0 Å². The molecule has 1 amide bonds. The molecule has 1 atom stereocenters. The average molecular weight is 420 g/mol. The summed E-state index contributed by atoms with van der Waals surface area (Å²) >= 11 is 7.12. The zero-order chi connectivity index (χ0) is 20.0. The lowest BCUT2D eigenvalue weighted by Gasteiger charge is -2.25. The van der Waals surface area contributed by atoms with Gasteiger partial charge in [-0.25, -0.2) is 13.6 Å². The predicted octanol–water partition coefficient (Wildman–Crippen LogP) is 5.52. The smallest absolute Gasteiger partial charge is 0.346 e. The SMILES string of the molecule is O=C1C[C@@H](c2c(F)cccc2Cl)c2sc(C(=O)O)c(-c3cccc(F)c3)c2N1. The Hall–Kier alpha value is -2.77. The highest BCUT2D eigenvalue weighted by atomic mass is 35.5. The molecule has 2 aromatic carbocycles. The molecule has 2 heterocycles. The summed E-state index contributed by atoms with van der Waals surface area (Å²) in [5.41, 5.74) is 0.922. The van der Waals surface area contributed by atoms with Crippen LogP contribution in [0.3, 0.4) is 0 Å². The van der Waals surface area contributed by atoms with Crippen LogP contribution in [0.1, 0.15) is 32.5 Å². The highest BCUT2D eigenvalue weighted by Gasteiger charge is 2.36. The number of hydrogen-bond donors (Lipinski definition) is 2. The van der Waals surface area contributed by atoms with Gasteiger partial charge >= 0.3 is 5.97 Å². The van der Waals surface area contributed by atoms with E-state index in [1.54, 1.807) is 6.07 Å². The highest BCUT2D eigenvalue weighted by molar-refractivity contribution is 7.15. The maximum absolute atomic E-state index is 14.5. The Bertz CT molecular complexity index is 1110. The molecule has 3 aromatic rings. The zero-order valence-corrected chi connectivity index (χ0v) is 15.7. The molecule has 0 fully saturated rings.